The molecule has 0 spiro atoms. The first-order valence-corrected chi connectivity index (χ1v) is 5.24. The molecule has 0 aliphatic carbocycles. The number of nitrogens with zero attached hydrogens (tertiary/aromatic N) is 2. The average Bonchev–Trinajstić information content (AvgIpc) is 2.73. The van der Waals surface area contributed by atoms with Gasteiger partial charge in [0.1, 0.15) is 0 Å². The second-order valence-electron chi connectivity index (χ2n) is 3.75. The quantitative estimate of drug-likeness (QED) is 0.644. The van der Waals surface area contributed by atoms with Gasteiger partial charge < -0.3 is 10.3 Å². The number of halogens is 1. The first-order chi connectivity index (χ1) is 8.58. The van der Waals surface area contributed by atoms with Gasteiger partial charge in [0.2, 0.25) is 0 Å². The zero-order valence-corrected chi connectivity index (χ0v) is 9.61. The number of nitro groups is 1. The normalized spacial score (nSPS) is 10.3. The lowest BCUT2D eigenvalue weighted by Gasteiger charge is -2.06. The molecular weight excluding hydrogens is 239 g/mol. The van der Waals surface area contributed by atoms with Gasteiger partial charge in [-0.15, -0.1) is 0 Å². The number of H-pyrrole nitrogens is 1. The lowest BCUT2D eigenvalue weighted by atomic mass is 10.2. The van der Waals surface area contributed by atoms with Crippen molar-refractivity contribution in [1.82, 2.24) is 9.97 Å². The van der Waals surface area contributed by atoms with Crippen molar-refractivity contribution >= 4 is 11.4 Å². The molecule has 6 nitrogen and oxygen atoms in total. The molecule has 0 radical (unpaired) electrons. The Kier molecular flexibility index (Phi) is 3.22. The Morgan fingerprint density at radius 3 is 2.89 bits per heavy atom. The highest BCUT2D eigenvalue weighted by atomic mass is 19.1. The largest absolute Gasteiger partial charge is 0.377 e. The molecule has 0 unspecified atom stereocenters. The van der Waals surface area contributed by atoms with E-state index in [1.54, 1.807) is 6.33 Å². The highest BCUT2D eigenvalue weighted by Gasteiger charge is 2.10. The van der Waals surface area contributed by atoms with Crippen LogP contribution in [-0.2, 0) is 6.54 Å². The summed E-state index contributed by atoms with van der Waals surface area (Å²) in [4.78, 5) is 16.8. The number of hydrogen-bond acceptors (Lipinski definition) is 4. The fourth-order valence-corrected chi connectivity index (χ4v) is 1.51. The van der Waals surface area contributed by atoms with Crippen LogP contribution in [0.3, 0.4) is 0 Å². The van der Waals surface area contributed by atoms with Crippen LogP contribution in [0.4, 0.5) is 15.8 Å². The zero-order chi connectivity index (χ0) is 13.1. The third-order valence-electron chi connectivity index (χ3n) is 2.54. The van der Waals surface area contributed by atoms with Crippen LogP contribution in [0.15, 0.2) is 24.5 Å². The van der Waals surface area contributed by atoms with E-state index in [-0.39, 0.29) is 11.4 Å². The van der Waals surface area contributed by atoms with Crippen molar-refractivity contribution in [3.63, 3.8) is 0 Å². The van der Waals surface area contributed by atoms with Crippen molar-refractivity contribution in [1.29, 1.82) is 0 Å². The summed E-state index contributed by atoms with van der Waals surface area (Å²) in [5, 5.41) is 13.3. The number of aromatic nitrogens is 2. The van der Waals surface area contributed by atoms with E-state index in [4.69, 9.17) is 0 Å². The molecule has 2 N–H and O–H groups in total. The van der Waals surface area contributed by atoms with E-state index in [1.165, 1.54) is 12.1 Å². The average molecular weight is 250 g/mol. The number of aryl methyl sites for hydroxylation is 1. The molecule has 94 valence electrons. The van der Waals surface area contributed by atoms with Crippen molar-refractivity contribution < 1.29 is 9.31 Å². The van der Waals surface area contributed by atoms with Crippen LogP contribution in [0.1, 0.15) is 11.4 Å². The number of rotatable bonds is 4. The molecular formula is C11H11FN4O2. The smallest absolute Gasteiger partial charge is 0.272 e. The summed E-state index contributed by atoms with van der Waals surface area (Å²) >= 11 is 0. The molecule has 0 saturated carbocycles. The first kappa shape index (κ1) is 12.0. The molecule has 0 bridgehead atoms. The summed E-state index contributed by atoms with van der Waals surface area (Å²) in [6.45, 7) is 2.21. The van der Waals surface area contributed by atoms with E-state index in [0.717, 1.165) is 17.5 Å². The zero-order valence-electron chi connectivity index (χ0n) is 9.61. The Morgan fingerprint density at radius 2 is 2.33 bits per heavy atom. The van der Waals surface area contributed by atoms with E-state index in [2.05, 4.69) is 15.3 Å². The van der Waals surface area contributed by atoms with Gasteiger partial charge in [-0.2, -0.15) is 0 Å². The molecule has 18 heavy (non-hydrogen) atoms. The summed E-state index contributed by atoms with van der Waals surface area (Å²) in [7, 11) is 0. The third-order valence-corrected chi connectivity index (χ3v) is 2.54. The van der Waals surface area contributed by atoms with Crippen molar-refractivity contribution in [3.05, 3.63) is 51.8 Å². The molecule has 1 aromatic carbocycles. The van der Waals surface area contributed by atoms with Crippen molar-refractivity contribution in [2.45, 2.75) is 13.5 Å². The number of imidazole rings is 1. The molecule has 0 amide bonds. The molecule has 7 heteroatoms. The maximum absolute atomic E-state index is 13.5. The van der Waals surface area contributed by atoms with Gasteiger partial charge in [-0.1, -0.05) is 0 Å². The lowest BCUT2D eigenvalue weighted by molar-refractivity contribution is -0.385. The SMILES string of the molecule is Cc1[nH]cnc1CNc1ccc([N+](=O)[O-])cc1F. The molecule has 0 fully saturated rings. The van der Waals surface area contributed by atoms with Crippen molar-refractivity contribution in [2.75, 3.05) is 5.32 Å². The topological polar surface area (TPSA) is 83.8 Å². The van der Waals surface area contributed by atoms with E-state index >= 15 is 0 Å². The van der Waals surface area contributed by atoms with Crippen LogP contribution in [0.2, 0.25) is 0 Å². The molecule has 0 aliphatic heterocycles. The van der Waals surface area contributed by atoms with Crippen LogP contribution in [0, 0.1) is 22.9 Å². The molecule has 2 aromatic rings. The fraction of sp³-hybridized carbons (Fsp3) is 0.182. The molecule has 2 rings (SSSR count). The predicted octanol–water partition coefficient (Wildman–Crippen LogP) is 2.38. The van der Waals surface area contributed by atoms with E-state index in [9.17, 15) is 14.5 Å². The number of aromatic amines is 1. The van der Waals surface area contributed by atoms with Gasteiger partial charge in [-0.3, -0.25) is 10.1 Å². The Labute approximate surface area is 102 Å². The fourth-order valence-electron chi connectivity index (χ4n) is 1.51. The van der Waals surface area contributed by atoms with Crippen LogP contribution in [0.25, 0.3) is 0 Å². The van der Waals surface area contributed by atoms with Gasteiger partial charge in [0.15, 0.2) is 5.82 Å². The monoisotopic (exact) mass is 250 g/mol. The minimum absolute atomic E-state index is 0.211. The van der Waals surface area contributed by atoms with Crippen molar-refractivity contribution in [3.8, 4) is 0 Å². The molecule has 1 heterocycles. The minimum Gasteiger partial charge on any atom is -0.377 e. The predicted molar refractivity (Wildman–Crippen MR) is 63.7 cm³/mol. The van der Waals surface area contributed by atoms with Gasteiger partial charge in [0.05, 0.1) is 35.2 Å². The van der Waals surface area contributed by atoms with Gasteiger partial charge in [-0.25, -0.2) is 9.37 Å². The standard InChI is InChI=1S/C11H11FN4O2/c1-7-11(15-6-14-7)5-13-10-3-2-8(16(17)18)4-9(10)12/h2-4,6,13H,5H2,1H3,(H,14,15). The maximum Gasteiger partial charge on any atom is 0.272 e. The van der Waals surface area contributed by atoms with Crippen LogP contribution in [-0.4, -0.2) is 14.9 Å². The number of hydrogen-bond donors (Lipinski definition) is 2. The number of nitrogens with one attached hydrogen (secondary N) is 2. The summed E-state index contributed by atoms with van der Waals surface area (Å²) in [6.07, 6.45) is 1.55. The highest BCUT2D eigenvalue weighted by Crippen LogP contribution is 2.21. The van der Waals surface area contributed by atoms with Crippen molar-refractivity contribution in [2.24, 2.45) is 0 Å². The van der Waals surface area contributed by atoms with Gasteiger partial charge in [0.25, 0.3) is 5.69 Å². The van der Waals surface area contributed by atoms with Crippen LogP contribution >= 0.6 is 0 Å². The van der Waals surface area contributed by atoms with Gasteiger partial charge >= 0.3 is 0 Å². The van der Waals surface area contributed by atoms with Gasteiger partial charge in [-0.05, 0) is 13.0 Å². The molecule has 0 aliphatic rings. The van der Waals surface area contributed by atoms with Gasteiger partial charge in [0, 0.05) is 11.8 Å². The van der Waals surface area contributed by atoms with Crippen LogP contribution < -0.4 is 5.32 Å². The summed E-state index contributed by atoms with van der Waals surface area (Å²) in [6, 6.07) is 3.48. The molecule has 1 aromatic heterocycles. The number of anilines is 1. The highest BCUT2D eigenvalue weighted by molar-refractivity contribution is 5.50. The number of nitro benzene ring substituents is 1. The second kappa shape index (κ2) is 4.82. The van der Waals surface area contributed by atoms with E-state index in [0.29, 0.717) is 6.54 Å². The third kappa shape index (κ3) is 2.45. The summed E-state index contributed by atoms with van der Waals surface area (Å²) < 4.78 is 13.5. The van der Waals surface area contributed by atoms with E-state index < -0.39 is 10.7 Å². The molecule has 0 atom stereocenters. The first-order valence-electron chi connectivity index (χ1n) is 5.24. The Morgan fingerprint density at radius 1 is 1.56 bits per heavy atom. The Bertz CT molecular complexity index is 582. The maximum atomic E-state index is 13.5. The molecule has 0 saturated heterocycles. The number of non-ortho nitro benzene ring substituents is 1. The minimum atomic E-state index is -0.655. The number of benzene rings is 1. The Balaban J connectivity index is 2.11. The van der Waals surface area contributed by atoms with Crippen LogP contribution in [0.5, 0.6) is 0 Å². The lowest BCUT2D eigenvalue weighted by Crippen LogP contribution is -2.03. The summed E-state index contributed by atoms with van der Waals surface area (Å²) in [5.41, 5.74) is 1.61. The Hall–Kier alpha value is -2.44. The second-order valence-corrected chi connectivity index (χ2v) is 3.75. The summed E-state index contributed by atoms with van der Waals surface area (Å²) in [5.74, 6) is -0.655. The van der Waals surface area contributed by atoms with E-state index in [1.807, 2.05) is 6.92 Å².